The van der Waals surface area contributed by atoms with E-state index in [-0.39, 0.29) is 11.0 Å². The number of hydrogen-bond donors (Lipinski definition) is 2. The molecule has 0 aliphatic carbocycles. The van der Waals surface area contributed by atoms with Crippen molar-refractivity contribution in [3.8, 4) is 5.75 Å². The molecule has 6 heteroatoms. The van der Waals surface area contributed by atoms with Gasteiger partial charge in [-0.15, -0.1) is 11.8 Å². The number of thioether (sulfide) groups is 1. The highest BCUT2D eigenvalue weighted by molar-refractivity contribution is 7.99. The molecule has 0 spiro atoms. The van der Waals surface area contributed by atoms with Crippen LogP contribution in [0.25, 0.3) is 0 Å². The molecule has 0 unspecified atom stereocenters. The highest BCUT2D eigenvalue weighted by Crippen LogP contribution is 2.37. The zero-order valence-electron chi connectivity index (χ0n) is 9.35. The SMILES string of the molecule is Oc1cccc(Nc2nc(Cl)nc3c2SCC3)c1. The van der Waals surface area contributed by atoms with Crippen LogP contribution < -0.4 is 5.32 Å². The fourth-order valence-corrected chi connectivity index (χ4v) is 3.08. The zero-order valence-corrected chi connectivity index (χ0v) is 10.9. The van der Waals surface area contributed by atoms with E-state index in [1.807, 2.05) is 6.07 Å². The van der Waals surface area contributed by atoms with Crippen molar-refractivity contribution in [1.82, 2.24) is 9.97 Å². The minimum atomic E-state index is 0.212. The van der Waals surface area contributed by atoms with Crippen LogP contribution in [0.4, 0.5) is 11.5 Å². The molecular formula is C12H10ClN3OS. The summed E-state index contributed by atoms with van der Waals surface area (Å²) in [6.45, 7) is 0. The Morgan fingerprint density at radius 1 is 1.33 bits per heavy atom. The van der Waals surface area contributed by atoms with Gasteiger partial charge in [-0.05, 0) is 23.7 Å². The molecule has 0 atom stereocenters. The Kier molecular flexibility index (Phi) is 3.01. The summed E-state index contributed by atoms with van der Waals surface area (Å²) in [7, 11) is 0. The summed E-state index contributed by atoms with van der Waals surface area (Å²) in [5.74, 6) is 1.92. The van der Waals surface area contributed by atoms with Crippen LogP contribution in [0, 0.1) is 0 Å². The number of aryl methyl sites for hydroxylation is 1. The molecule has 0 fully saturated rings. The standard InChI is InChI=1S/C12H10ClN3OS/c13-12-15-9-4-5-18-10(9)11(16-12)14-7-2-1-3-8(17)6-7/h1-3,6,17H,4-5H2,(H,14,15,16). The maximum Gasteiger partial charge on any atom is 0.224 e. The van der Waals surface area contributed by atoms with Gasteiger partial charge in [0.2, 0.25) is 5.28 Å². The lowest BCUT2D eigenvalue weighted by molar-refractivity contribution is 0.475. The molecule has 1 aliphatic heterocycles. The molecule has 0 saturated carbocycles. The number of nitrogens with zero attached hydrogens (tertiary/aromatic N) is 2. The summed E-state index contributed by atoms with van der Waals surface area (Å²) in [5, 5.41) is 12.9. The van der Waals surface area contributed by atoms with Crippen LogP contribution >= 0.6 is 23.4 Å². The van der Waals surface area contributed by atoms with Gasteiger partial charge < -0.3 is 10.4 Å². The predicted molar refractivity (Wildman–Crippen MR) is 72.9 cm³/mol. The van der Waals surface area contributed by atoms with Crippen LogP contribution in [-0.2, 0) is 6.42 Å². The van der Waals surface area contributed by atoms with Gasteiger partial charge in [-0.1, -0.05) is 6.07 Å². The molecule has 92 valence electrons. The topological polar surface area (TPSA) is 58.0 Å². The van der Waals surface area contributed by atoms with Crippen LogP contribution in [0.3, 0.4) is 0 Å². The maximum absolute atomic E-state index is 9.44. The number of fused-ring (bicyclic) bond motifs is 1. The normalized spacial score (nSPS) is 13.4. The molecule has 18 heavy (non-hydrogen) atoms. The van der Waals surface area contributed by atoms with Gasteiger partial charge in [-0.2, -0.15) is 4.98 Å². The number of phenolic OH excluding ortho intramolecular Hbond substituents is 1. The first-order valence-electron chi connectivity index (χ1n) is 5.47. The molecule has 0 saturated heterocycles. The van der Waals surface area contributed by atoms with Gasteiger partial charge in [0.05, 0.1) is 10.6 Å². The first-order valence-corrected chi connectivity index (χ1v) is 6.84. The Morgan fingerprint density at radius 3 is 3.06 bits per heavy atom. The third-order valence-corrected chi connectivity index (χ3v) is 3.90. The van der Waals surface area contributed by atoms with Gasteiger partial charge in [-0.3, -0.25) is 0 Å². The number of nitrogens with one attached hydrogen (secondary N) is 1. The van der Waals surface area contributed by atoms with E-state index in [9.17, 15) is 5.11 Å². The monoisotopic (exact) mass is 279 g/mol. The number of phenols is 1. The number of rotatable bonds is 2. The van der Waals surface area contributed by atoms with E-state index < -0.39 is 0 Å². The summed E-state index contributed by atoms with van der Waals surface area (Å²) >= 11 is 7.62. The van der Waals surface area contributed by atoms with Crippen molar-refractivity contribution in [1.29, 1.82) is 0 Å². The molecule has 2 heterocycles. The Morgan fingerprint density at radius 2 is 2.22 bits per heavy atom. The van der Waals surface area contributed by atoms with Crippen molar-refractivity contribution >= 4 is 34.9 Å². The van der Waals surface area contributed by atoms with E-state index in [1.165, 1.54) is 0 Å². The van der Waals surface area contributed by atoms with Crippen LogP contribution in [0.1, 0.15) is 5.69 Å². The second kappa shape index (κ2) is 4.66. The zero-order chi connectivity index (χ0) is 12.5. The van der Waals surface area contributed by atoms with E-state index >= 15 is 0 Å². The lowest BCUT2D eigenvalue weighted by atomic mass is 10.3. The summed E-state index contributed by atoms with van der Waals surface area (Å²) in [6.07, 6.45) is 0.914. The molecule has 1 aliphatic rings. The molecule has 2 aromatic rings. The van der Waals surface area contributed by atoms with Crippen LogP contribution in [0.2, 0.25) is 5.28 Å². The second-order valence-electron chi connectivity index (χ2n) is 3.89. The van der Waals surface area contributed by atoms with Gasteiger partial charge in [0.1, 0.15) is 11.6 Å². The molecule has 0 amide bonds. The van der Waals surface area contributed by atoms with Gasteiger partial charge >= 0.3 is 0 Å². The van der Waals surface area contributed by atoms with Gasteiger partial charge in [0.25, 0.3) is 0 Å². The number of aromatic hydroxyl groups is 1. The molecular weight excluding hydrogens is 270 g/mol. The molecule has 0 bridgehead atoms. The van der Waals surface area contributed by atoms with Crippen molar-refractivity contribution < 1.29 is 5.11 Å². The Balaban J connectivity index is 1.98. The predicted octanol–water partition coefficient (Wildman–Crippen LogP) is 3.23. The number of aromatic nitrogens is 2. The van der Waals surface area contributed by atoms with E-state index in [0.29, 0.717) is 5.82 Å². The van der Waals surface area contributed by atoms with Crippen molar-refractivity contribution in [2.24, 2.45) is 0 Å². The van der Waals surface area contributed by atoms with Crippen molar-refractivity contribution in [3.63, 3.8) is 0 Å². The number of hydrogen-bond acceptors (Lipinski definition) is 5. The fourth-order valence-electron chi connectivity index (χ4n) is 1.84. The van der Waals surface area contributed by atoms with Crippen LogP contribution in [0.15, 0.2) is 29.2 Å². The third kappa shape index (κ3) is 2.23. The van der Waals surface area contributed by atoms with E-state index in [2.05, 4.69) is 15.3 Å². The van der Waals surface area contributed by atoms with E-state index in [1.54, 1.807) is 30.0 Å². The Hall–Kier alpha value is -1.46. The van der Waals surface area contributed by atoms with Crippen molar-refractivity contribution in [3.05, 3.63) is 35.2 Å². The average Bonchev–Trinajstić information content (AvgIpc) is 2.77. The second-order valence-corrected chi connectivity index (χ2v) is 5.33. The average molecular weight is 280 g/mol. The molecule has 1 aromatic heterocycles. The van der Waals surface area contributed by atoms with Gasteiger partial charge in [-0.25, -0.2) is 4.98 Å². The molecule has 1 aromatic carbocycles. The largest absolute Gasteiger partial charge is 0.508 e. The maximum atomic E-state index is 9.44. The third-order valence-electron chi connectivity index (χ3n) is 2.60. The summed E-state index contributed by atoms with van der Waals surface area (Å²) in [6, 6.07) is 6.90. The summed E-state index contributed by atoms with van der Waals surface area (Å²) in [5.41, 5.74) is 1.77. The van der Waals surface area contributed by atoms with E-state index in [0.717, 1.165) is 28.5 Å². The quantitative estimate of drug-likeness (QED) is 0.827. The summed E-state index contributed by atoms with van der Waals surface area (Å²) < 4.78 is 0. The molecule has 3 rings (SSSR count). The Labute approximate surface area is 113 Å². The van der Waals surface area contributed by atoms with Crippen LogP contribution in [0.5, 0.6) is 5.75 Å². The van der Waals surface area contributed by atoms with Crippen LogP contribution in [-0.4, -0.2) is 20.8 Å². The summed E-state index contributed by atoms with van der Waals surface area (Å²) in [4.78, 5) is 9.47. The van der Waals surface area contributed by atoms with Gasteiger partial charge in [0.15, 0.2) is 0 Å². The lowest BCUT2D eigenvalue weighted by Gasteiger charge is -2.09. The smallest absolute Gasteiger partial charge is 0.224 e. The number of benzene rings is 1. The van der Waals surface area contributed by atoms with Crippen molar-refractivity contribution in [2.75, 3.05) is 11.1 Å². The first kappa shape index (κ1) is 11.6. The highest BCUT2D eigenvalue weighted by atomic mass is 35.5. The minimum Gasteiger partial charge on any atom is -0.508 e. The first-order chi connectivity index (χ1) is 8.72. The number of anilines is 2. The van der Waals surface area contributed by atoms with Gasteiger partial charge in [0, 0.05) is 23.9 Å². The molecule has 2 N–H and O–H groups in total. The van der Waals surface area contributed by atoms with E-state index in [4.69, 9.17) is 11.6 Å². The highest BCUT2D eigenvalue weighted by Gasteiger charge is 2.19. The fraction of sp³-hybridized carbons (Fsp3) is 0.167. The Bertz CT molecular complexity index is 606. The molecule has 0 radical (unpaired) electrons. The minimum absolute atomic E-state index is 0.212. The molecule has 4 nitrogen and oxygen atoms in total. The lowest BCUT2D eigenvalue weighted by Crippen LogP contribution is -1.99. The number of halogens is 1. The van der Waals surface area contributed by atoms with Crippen molar-refractivity contribution in [2.45, 2.75) is 11.3 Å².